The van der Waals surface area contributed by atoms with Crippen LogP contribution in [0.15, 0.2) is 46.3 Å². The molecular formula is C25H29ClN8O2. The molecule has 188 valence electrons. The van der Waals surface area contributed by atoms with Crippen LogP contribution in [0.4, 0.5) is 11.5 Å². The van der Waals surface area contributed by atoms with Gasteiger partial charge in [-0.15, -0.1) is 0 Å². The van der Waals surface area contributed by atoms with Crippen molar-refractivity contribution in [2.75, 3.05) is 25.0 Å². The Labute approximate surface area is 212 Å². The van der Waals surface area contributed by atoms with Gasteiger partial charge in [0.1, 0.15) is 11.5 Å². The summed E-state index contributed by atoms with van der Waals surface area (Å²) in [5.41, 5.74) is 1.77. The summed E-state index contributed by atoms with van der Waals surface area (Å²) >= 11 is 6.17. The molecule has 0 radical (unpaired) electrons. The van der Waals surface area contributed by atoms with E-state index in [2.05, 4.69) is 39.1 Å². The summed E-state index contributed by atoms with van der Waals surface area (Å²) in [6.07, 6.45) is 5.22. The highest BCUT2D eigenvalue weighted by atomic mass is 35.5. The predicted molar refractivity (Wildman–Crippen MR) is 139 cm³/mol. The highest BCUT2D eigenvalue weighted by molar-refractivity contribution is 6.30. The molecule has 1 fully saturated rings. The lowest BCUT2D eigenvalue weighted by molar-refractivity contribution is 0.192. The maximum Gasteiger partial charge on any atom is 0.326 e. The Bertz CT molecular complexity index is 1550. The third kappa shape index (κ3) is 5.44. The van der Waals surface area contributed by atoms with E-state index in [1.165, 1.54) is 0 Å². The number of fused-ring (bicyclic) bond motifs is 1. The van der Waals surface area contributed by atoms with Crippen LogP contribution in [0.2, 0.25) is 5.02 Å². The molecule has 0 bridgehead atoms. The second-order valence-electron chi connectivity index (χ2n) is 9.51. The first-order chi connectivity index (χ1) is 17.3. The second kappa shape index (κ2) is 10.2. The Morgan fingerprint density at radius 1 is 1.28 bits per heavy atom. The van der Waals surface area contributed by atoms with Crippen molar-refractivity contribution in [1.29, 1.82) is 0 Å². The van der Waals surface area contributed by atoms with Gasteiger partial charge in [-0.05, 0) is 43.0 Å². The highest BCUT2D eigenvalue weighted by Gasteiger charge is 2.19. The number of nitrogens with one attached hydrogen (secondary N) is 3. The number of aromatic amines is 2. The number of imidazole rings is 1. The first-order valence-corrected chi connectivity index (χ1v) is 12.4. The zero-order valence-electron chi connectivity index (χ0n) is 20.2. The summed E-state index contributed by atoms with van der Waals surface area (Å²) in [5.74, 6) is 0.986. The minimum Gasteiger partial charge on any atom is -0.493 e. The molecule has 5 rings (SSSR count). The maximum absolute atomic E-state index is 11.6. The van der Waals surface area contributed by atoms with Gasteiger partial charge in [-0.25, -0.2) is 9.78 Å². The number of anilines is 2. The third-order valence-corrected chi connectivity index (χ3v) is 6.34. The third-order valence-electron chi connectivity index (χ3n) is 6.11. The molecule has 1 saturated heterocycles. The number of aromatic hydroxyl groups is 1. The number of halogens is 1. The van der Waals surface area contributed by atoms with Crippen molar-refractivity contribution in [3.63, 3.8) is 0 Å². The largest absolute Gasteiger partial charge is 0.493 e. The number of piperidine rings is 1. The molecule has 0 unspecified atom stereocenters. The van der Waals surface area contributed by atoms with E-state index in [0.717, 1.165) is 38.2 Å². The first-order valence-electron chi connectivity index (χ1n) is 12.0. The summed E-state index contributed by atoms with van der Waals surface area (Å²) in [6.45, 7) is 7.63. The van der Waals surface area contributed by atoms with Crippen molar-refractivity contribution in [1.82, 2.24) is 29.5 Å². The number of nitrogens with zero attached hydrogens (tertiary/aromatic N) is 5. The molecule has 10 nitrogen and oxygen atoms in total. The number of H-pyrrole nitrogens is 2. The molecule has 0 aliphatic carbocycles. The van der Waals surface area contributed by atoms with E-state index in [0.29, 0.717) is 33.1 Å². The fourth-order valence-corrected chi connectivity index (χ4v) is 4.71. The van der Waals surface area contributed by atoms with Crippen molar-refractivity contribution in [3.05, 3.63) is 68.4 Å². The van der Waals surface area contributed by atoms with Crippen LogP contribution in [-0.2, 0) is 0 Å². The van der Waals surface area contributed by atoms with Crippen molar-refractivity contribution < 1.29 is 5.11 Å². The molecule has 0 saturated carbocycles. The van der Waals surface area contributed by atoms with Crippen molar-refractivity contribution in [3.8, 4) is 5.88 Å². The normalized spacial score (nSPS) is 16.4. The van der Waals surface area contributed by atoms with Crippen LogP contribution in [0.5, 0.6) is 5.88 Å². The molecule has 0 amide bonds. The van der Waals surface area contributed by atoms with Gasteiger partial charge in [0.25, 0.3) is 0 Å². The maximum atomic E-state index is 11.6. The Kier molecular flexibility index (Phi) is 6.80. The second-order valence-corrected chi connectivity index (χ2v) is 9.95. The number of likely N-dealkylation sites (tertiary alicyclic amines) is 1. The lowest BCUT2D eigenvalue weighted by Gasteiger charge is -2.31. The molecule has 0 spiro atoms. The first kappa shape index (κ1) is 24.1. The van der Waals surface area contributed by atoms with Crippen molar-refractivity contribution in [2.45, 2.75) is 32.7 Å². The fourth-order valence-electron chi connectivity index (χ4n) is 4.52. The van der Waals surface area contributed by atoms with Gasteiger partial charge in [0.15, 0.2) is 11.1 Å². The van der Waals surface area contributed by atoms with E-state index in [1.807, 2.05) is 30.3 Å². The number of aromatic nitrogens is 5. The predicted octanol–water partition coefficient (Wildman–Crippen LogP) is 2.42. The molecule has 4 N–H and O–H groups in total. The van der Waals surface area contributed by atoms with Crippen LogP contribution < -0.4 is 21.7 Å². The van der Waals surface area contributed by atoms with Gasteiger partial charge < -0.3 is 20.3 Å². The van der Waals surface area contributed by atoms with Crippen LogP contribution in [0.25, 0.3) is 11.7 Å². The highest BCUT2D eigenvalue weighted by Crippen LogP contribution is 2.19. The standard InChI is InChI=1S/C25H29ClN8O2/c1-15(2)14-33-8-6-18(7-9-33)29-22-12-21(28-19-5-3-4-17(26)11-19)31-23-16(13-27-34(22)23)10-20-24(35)32-25(36)30-20/h3-5,10-13,15,18,28,35H,6-9,14H2,1-2H3,(H2,30,32,36)/b16-10-,29-22?. The number of hydrogen-bond donors (Lipinski definition) is 4. The van der Waals surface area contributed by atoms with Gasteiger partial charge in [-0.1, -0.05) is 31.5 Å². The summed E-state index contributed by atoms with van der Waals surface area (Å²) in [5, 5.41) is 19.1. The molecule has 3 aromatic heterocycles. The molecule has 1 aliphatic heterocycles. The number of rotatable bonds is 6. The Balaban J connectivity index is 1.56. The average molecular weight is 509 g/mol. The van der Waals surface area contributed by atoms with Crippen LogP contribution in [-0.4, -0.2) is 60.2 Å². The summed E-state index contributed by atoms with van der Waals surface area (Å²) in [4.78, 5) is 28.8. The summed E-state index contributed by atoms with van der Waals surface area (Å²) < 4.78 is 1.69. The molecule has 4 aromatic rings. The van der Waals surface area contributed by atoms with Gasteiger partial charge in [0, 0.05) is 41.6 Å². The van der Waals surface area contributed by atoms with E-state index in [9.17, 15) is 9.90 Å². The Morgan fingerprint density at radius 2 is 2.08 bits per heavy atom. The van der Waals surface area contributed by atoms with Crippen LogP contribution >= 0.6 is 11.6 Å². The van der Waals surface area contributed by atoms with Crippen LogP contribution in [0.1, 0.15) is 32.4 Å². The molecule has 0 atom stereocenters. The molecule has 11 heteroatoms. The molecule has 36 heavy (non-hydrogen) atoms. The van der Waals surface area contributed by atoms with Gasteiger partial charge in [-0.2, -0.15) is 9.61 Å². The lowest BCUT2D eigenvalue weighted by Crippen LogP contribution is -2.38. The lowest BCUT2D eigenvalue weighted by atomic mass is 10.0. The molecule has 1 aromatic carbocycles. The number of benzene rings is 1. The van der Waals surface area contributed by atoms with Gasteiger partial charge >= 0.3 is 5.69 Å². The quantitative estimate of drug-likeness (QED) is 0.317. The molecule has 1 aliphatic rings. The van der Waals surface area contributed by atoms with Crippen LogP contribution in [0.3, 0.4) is 0 Å². The summed E-state index contributed by atoms with van der Waals surface area (Å²) in [7, 11) is 0. The van der Waals surface area contributed by atoms with E-state index in [4.69, 9.17) is 21.6 Å². The van der Waals surface area contributed by atoms with E-state index in [1.54, 1.807) is 16.8 Å². The molecule has 4 heterocycles. The smallest absolute Gasteiger partial charge is 0.326 e. The Hall–Kier alpha value is -3.63. The summed E-state index contributed by atoms with van der Waals surface area (Å²) in [6, 6.07) is 9.46. The van der Waals surface area contributed by atoms with Crippen molar-refractivity contribution >= 4 is 34.8 Å². The van der Waals surface area contributed by atoms with Gasteiger partial charge in [0.2, 0.25) is 5.88 Å². The molecular weight excluding hydrogens is 480 g/mol. The Morgan fingerprint density at radius 3 is 2.78 bits per heavy atom. The minimum absolute atomic E-state index is 0.180. The van der Waals surface area contributed by atoms with E-state index in [-0.39, 0.29) is 17.6 Å². The topological polar surface area (TPSA) is 127 Å². The average Bonchev–Trinajstić information content (AvgIpc) is 3.37. The van der Waals surface area contributed by atoms with E-state index < -0.39 is 5.69 Å². The van der Waals surface area contributed by atoms with E-state index >= 15 is 0 Å². The zero-order chi connectivity index (χ0) is 25.2. The fraction of sp³-hybridized carbons (Fsp3) is 0.360. The van der Waals surface area contributed by atoms with Gasteiger partial charge in [0.05, 0.1) is 12.2 Å². The van der Waals surface area contributed by atoms with Crippen LogP contribution in [0, 0.1) is 5.92 Å². The minimum atomic E-state index is -0.494. The number of hydrogen-bond acceptors (Lipinski definition) is 7. The zero-order valence-corrected chi connectivity index (χ0v) is 21.0. The van der Waals surface area contributed by atoms with Gasteiger partial charge in [-0.3, -0.25) is 9.98 Å². The monoisotopic (exact) mass is 508 g/mol. The SMILES string of the molecule is CC(C)CN1CCC(N=c2cc(Nc3cccc(Cl)c3)nc3/c(=C\c4[nH]c(=O)[nH]c4O)cnn23)CC1. The van der Waals surface area contributed by atoms with Crippen molar-refractivity contribution in [2.24, 2.45) is 10.9 Å².